The lowest BCUT2D eigenvalue weighted by Gasteiger charge is -2.32. The first kappa shape index (κ1) is 21.2. The Kier molecular flexibility index (Phi) is 7.10. The predicted octanol–water partition coefficient (Wildman–Crippen LogP) is 3.70. The van der Waals surface area contributed by atoms with E-state index in [-0.39, 0.29) is 29.3 Å². The van der Waals surface area contributed by atoms with E-state index in [0.717, 1.165) is 37.8 Å². The molecule has 1 amide bonds. The first-order valence-corrected chi connectivity index (χ1v) is 11.9. The van der Waals surface area contributed by atoms with Gasteiger partial charge in [-0.05, 0) is 62.3 Å². The maximum absolute atomic E-state index is 13.1. The number of unbranched alkanes of at least 4 members (excludes halogenated alkanes) is 1. The molecule has 28 heavy (non-hydrogen) atoms. The van der Waals surface area contributed by atoms with Crippen LogP contribution in [0.2, 0.25) is 0 Å². The quantitative estimate of drug-likeness (QED) is 0.745. The molecule has 3 unspecified atom stereocenters. The number of rotatable bonds is 7. The van der Waals surface area contributed by atoms with Gasteiger partial charge in [0.05, 0.1) is 10.8 Å². The lowest BCUT2D eigenvalue weighted by Crippen LogP contribution is -2.48. The fraction of sp³-hybridized carbons (Fsp3) is 0.667. The molecule has 1 aliphatic carbocycles. The molecule has 1 N–H and O–H groups in total. The number of hydrogen-bond donors (Lipinski definition) is 1. The summed E-state index contributed by atoms with van der Waals surface area (Å²) in [5, 5.41) is 3.22. The minimum atomic E-state index is -3.71. The molecule has 0 bridgehead atoms. The van der Waals surface area contributed by atoms with Gasteiger partial charge in [-0.1, -0.05) is 26.2 Å². The van der Waals surface area contributed by atoms with E-state index in [1.807, 2.05) is 0 Å². The first-order chi connectivity index (χ1) is 13.4. The van der Waals surface area contributed by atoms with Crippen LogP contribution in [-0.2, 0) is 14.8 Å². The van der Waals surface area contributed by atoms with E-state index in [2.05, 4.69) is 12.2 Å². The van der Waals surface area contributed by atoms with E-state index >= 15 is 0 Å². The molecule has 0 aromatic heterocycles. The lowest BCUT2D eigenvalue weighted by atomic mass is 9.94. The van der Waals surface area contributed by atoms with E-state index in [0.29, 0.717) is 25.3 Å². The van der Waals surface area contributed by atoms with Crippen LogP contribution in [0.25, 0.3) is 0 Å². The summed E-state index contributed by atoms with van der Waals surface area (Å²) in [6.45, 7) is 2.77. The van der Waals surface area contributed by atoms with Crippen LogP contribution in [0.3, 0.4) is 0 Å². The zero-order valence-electron chi connectivity index (χ0n) is 16.6. The summed E-state index contributed by atoms with van der Waals surface area (Å²) in [5.41, 5.74) is 0. The Morgan fingerprint density at radius 2 is 1.93 bits per heavy atom. The minimum Gasteiger partial charge on any atom is -0.353 e. The van der Waals surface area contributed by atoms with E-state index in [9.17, 15) is 17.6 Å². The third-order valence-corrected chi connectivity index (χ3v) is 8.00. The summed E-state index contributed by atoms with van der Waals surface area (Å²) in [6, 6.07) is 5.09. The number of nitrogens with one attached hydrogen (secondary N) is 1. The Balaban J connectivity index is 1.62. The number of carbonyl (C=O) groups is 1. The van der Waals surface area contributed by atoms with Crippen molar-refractivity contribution in [2.45, 2.75) is 69.2 Å². The van der Waals surface area contributed by atoms with Crippen molar-refractivity contribution in [3.05, 3.63) is 30.1 Å². The smallest absolute Gasteiger partial charge is 0.243 e. The van der Waals surface area contributed by atoms with E-state index < -0.39 is 15.8 Å². The molecule has 7 heteroatoms. The maximum Gasteiger partial charge on any atom is 0.243 e. The lowest BCUT2D eigenvalue weighted by molar-refractivity contribution is -0.127. The molecule has 1 saturated carbocycles. The van der Waals surface area contributed by atoms with E-state index in [1.165, 1.54) is 29.3 Å². The van der Waals surface area contributed by atoms with Gasteiger partial charge in [-0.25, -0.2) is 12.8 Å². The topological polar surface area (TPSA) is 66.5 Å². The van der Waals surface area contributed by atoms with Crippen LogP contribution in [0.1, 0.15) is 58.3 Å². The number of amides is 1. The van der Waals surface area contributed by atoms with Gasteiger partial charge in [-0.3, -0.25) is 4.79 Å². The van der Waals surface area contributed by atoms with E-state index in [1.54, 1.807) is 0 Å². The van der Waals surface area contributed by atoms with Crippen molar-refractivity contribution in [1.82, 2.24) is 9.62 Å². The fourth-order valence-corrected chi connectivity index (χ4v) is 5.99. The second-order valence-electron chi connectivity index (χ2n) is 8.10. The van der Waals surface area contributed by atoms with Crippen molar-refractivity contribution in [3.8, 4) is 0 Å². The summed E-state index contributed by atoms with van der Waals surface area (Å²) >= 11 is 0. The molecule has 1 saturated heterocycles. The van der Waals surface area contributed by atoms with Gasteiger partial charge >= 0.3 is 0 Å². The molecule has 1 aliphatic heterocycles. The first-order valence-electron chi connectivity index (χ1n) is 10.5. The van der Waals surface area contributed by atoms with Crippen LogP contribution in [-0.4, -0.2) is 37.8 Å². The molecule has 2 aliphatic rings. The summed E-state index contributed by atoms with van der Waals surface area (Å²) in [7, 11) is -3.71. The molecule has 1 heterocycles. The second kappa shape index (κ2) is 9.35. The van der Waals surface area contributed by atoms with Crippen LogP contribution in [0.4, 0.5) is 4.39 Å². The van der Waals surface area contributed by atoms with Gasteiger partial charge in [0.2, 0.25) is 15.9 Å². The number of sulfonamides is 1. The Bertz CT molecular complexity index is 766. The average Bonchev–Trinajstić information content (AvgIpc) is 3.13. The molecule has 1 aromatic rings. The molecule has 0 radical (unpaired) electrons. The number of hydrogen-bond acceptors (Lipinski definition) is 3. The maximum atomic E-state index is 13.1. The highest BCUT2D eigenvalue weighted by Crippen LogP contribution is 2.31. The number of nitrogens with zero attached hydrogens (tertiary/aromatic N) is 1. The molecule has 156 valence electrons. The molecule has 1 aromatic carbocycles. The van der Waals surface area contributed by atoms with Crippen LogP contribution in [0.5, 0.6) is 0 Å². The number of carbonyl (C=O) groups excluding carboxylic acids is 1. The average molecular weight is 411 g/mol. The summed E-state index contributed by atoms with van der Waals surface area (Å²) < 4.78 is 40.2. The van der Waals surface area contributed by atoms with Crippen molar-refractivity contribution in [3.63, 3.8) is 0 Å². The molecule has 0 spiro atoms. The fourth-order valence-electron chi connectivity index (χ4n) is 4.47. The third-order valence-electron chi connectivity index (χ3n) is 6.12. The van der Waals surface area contributed by atoms with Crippen molar-refractivity contribution in [2.75, 3.05) is 13.1 Å². The summed E-state index contributed by atoms with van der Waals surface area (Å²) in [4.78, 5) is 12.9. The molecule has 3 rings (SSSR count). The second-order valence-corrected chi connectivity index (χ2v) is 10.0. The SMILES string of the molecule is CCCCC1CCCC1NC(=O)C1CCCN(S(=O)(=O)c2ccc(F)cc2)C1. The zero-order chi connectivity index (χ0) is 20.1. The van der Waals surface area contributed by atoms with Gasteiger partial charge in [0.1, 0.15) is 5.82 Å². The molecular weight excluding hydrogens is 379 g/mol. The normalized spacial score (nSPS) is 26.3. The molecule has 2 fully saturated rings. The highest BCUT2D eigenvalue weighted by Gasteiger charge is 2.35. The predicted molar refractivity (Wildman–Crippen MR) is 107 cm³/mol. The standard InChI is InChI=1S/C21H31FN2O3S/c1-2-3-6-16-7-4-9-20(16)23-21(25)17-8-5-14-24(15-17)28(26,27)19-12-10-18(22)11-13-19/h10-13,16-17,20H,2-9,14-15H2,1H3,(H,23,25). The Labute approximate surface area is 167 Å². The van der Waals surface area contributed by atoms with E-state index in [4.69, 9.17) is 0 Å². The molecular formula is C21H31FN2O3S. The Morgan fingerprint density at radius 3 is 2.64 bits per heavy atom. The highest BCUT2D eigenvalue weighted by molar-refractivity contribution is 7.89. The van der Waals surface area contributed by atoms with Crippen molar-refractivity contribution >= 4 is 15.9 Å². The van der Waals surface area contributed by atoms with Crippen molar-refractivity contribution in [1.29, 1.82) is 0 Å². The van der Waals surface area contributed by atoms with Crippen LogP contribution in [0.15, 0.2) is 29.2 Å². The third kappa shape index (κ3) is 4.92. The highest BCUT2D eigenvalue weighted by atomic mass is 32.2. The van der Waals surface area contributed by atoms with Gasteiger partial charge < -0.3 is 5.32 Å². The van der Waals surface area contributed by atoms with Crippen molar-refractivity contribution in [2.24, 2.45) is 11.8 Å². The van der Waals surface area contributed by atoms with Gasteiger partial charge in [-0.2, -0.15) is 4.31 Å². The minimum absolute atomic E-state index is 0.0209. The van der Waals surface area contributed by atoms with Gasteiger partial charge in [0, 0.05) is 19.1 Å². The number of piperidine rings is 1. The van der Waals surface area contributed by atoms with Gasteiger partial charge in [0.25, 0.3) is 0 Å². The summed E-state index contributed by atoms with van der Waals surface area (Å²) in [5.74, 6) is -0.264. The molecule has 5 nitrogen and oxygen atoms in total. The Hall–Kier alpha value is -1.47. The molecule has 3 atom stereocenters. The number of benzene rings is 1. The van der Waals surface area contributed by atoms with Crippen molar-refractivity contribution < 1.29 is 17.6 Å². The van der Waals surface area contributed by atoms with Crippen LogP contribution in [0, 0.1) is 17.7 Å². The van der Waals surface area contributed by atoms with Crippen LogP contribution >= 0.6 is 0 Å². The largest absolute Gasteiger partial charge is 0.353 e. The number of halogens is 1. The van der Waals surface area contributed by atoms with Crippen LogP contribution < -0.4 is 5.32 Å². The zero-order valence-corrected chi connectivity index (χ0v) is 17.4. The summed E-state index contributed by atoms with van der Waals surface area (Å²) in [6.07, 6.45) is 8.19. The Morgan fingerprint density at radius 1 is 1.18 bits per heavy atom. The monoisotopic (exact) mass is 410 g/mol. The van der Waals surface area contributed by atoms with Gasteiger partial charge in [-0.15, -0.1) is 0 Å². The van der Waals surface area contributed by atoms with Gasteiger partial charge in [0.15, 0.2) is 0 Å².